The van der Waals surface area contributed by atoms with E-state index in [9.17, 15) is 18.0 Å². The number of halogens is 4. The lowest BCUT2D eigenvalue weighted by molar-refractivity contribution is -0.138. The van der Waals surface area contributed by atoms with Gasteiger partial charge in [0.05, 0.1) is 5.56 Å². The number of nitrogens with zero attached hydrogens (tertiary/aromatic N) is 1. The second-order valence-corrected chi connectivity index (χ2v) is 6.44. The Morgan fingerprint density at radius 1 is 1.29 bits per heavy atom. The molecule has 0 saturated heterocycles. The molecule has 3 nitrogen and oxygen atoms in total. The number of amides is 1. The topological polar surface area (TPSA) is 32.3 Å². The molecule has 0 radical (unpaired) electrons. The molecular weight excluding hydrogens is 349 g/mol. The molecule has 0 aliphatic heterocycles. The van der Waals surface area contributed by atoms with Gasteiger partial charge >= 0.3 is 6.18 Å². The fourth-order valence-corrected chi connectivity index (χ4v) is 1.91. The molecule has 7 heteroatoms. The van der Waals surface area contributed by atoms with Crippen LogP contribution in [-0.2, 0) is 6.18 Å². The van der Waals surface area contributed by atoms with Crippen molar-refractivity contribution in [3.05, 3.63) is 33.8 Å². The molecule has 0 fully saturated rings. The third-order valence-electron chi connectivity index (χ3n) is 3.43. The summed E-state index contributed by atoms with van der Waals surface area (Å²) in [5.74, 6) is -0.525. The zero-order chi connectivity index (χ0) is 16.4. The van der Waals surface area contributed by atoms with Gasteiger partial charge in [0.15, 0.2) is 0 Å². The van der Waals surface area contributed by atoms with Crippen LogP contribution in [0.3, 0.4) is 0 Å². The highest BCUT2D eigenvalue weighted by molar-refractivity contribution is 9.10. The minimum Gasteiger partial charge on any atom is -0.350 e. The predicted octanol–water partition coefficient (Wildman–Crippen LogP) is 3.54. The van der Waals surface area contributed by atoms with Crippen molar-refractivity contribution >= 4 is 21.8 Å². The van der Waals surface area contributed by atoms with Gasteiger partial charge in [0.25, 0.3) is 5.91 Å². The first-order valence-corrected chi connectivity index (χ1v) is 7.07. The summed E-state index contributed by atoms with van der Waals surface area (Å²) in [5, 5.41) is 2.66. The molecule has 0 aromatic heterocycles. The summed E-state index contributed by atoms with van der Waals surface area (Å²) >= 11 is 2.85. The average Bonchev–Trinajstić information content (AvgIpc) is 2.35. The van der Waals surface area contributed by atoms with Crippen molar-refractivity contribution in [3.8, 4) is 0 Å². The third kappa shape index (κ3) is 4.71. The first-order valence-electron chi connectivity index (χ1n) is 6.27. The molecule has 0 saturated carbocycles. The normalized spacial score (nSPS) is 12.6. The molecule has 118 valence electrons. The van der Waals surface area contributed by atoms with Crippen LogP contribution in [0.1, 0.15) is 29.8 Å². The maximum atomic E-state index is 12.8. The number of rotatable bonds is 4. The standard InChI is InChI=1S/C14H18BrF3N2O/c1-13(2,20(3)4)8-19-12(21)9-5-6-11(15)10(7-9)14(16,17)18/h5-7H,8H2,1-4H3,(H,19,21). The van der Waals surface area contributed by atoms with Gasteiger partial charge in [-0.15, -0.1) is 0 Å². The average molecular weight is 367 g/mol. The maximum absolute atomic E-state index is 12.8. The van der Waals surface area contributed by atoms with E-state index in [1.165, 1.54) is 12.1 Å². The Morgan fingerprint density at radius 3 is 2.33 bits per heavy atom. The van der Waals surface area contributed by atoms with Crippen LogP contribution in [0.25, 0.3) is 0 Å². The Morgan fingerprint density at radius 2 is 1.86 bits per heavy atom. The molecule has 21 heavy (non-hydrogen) atoms. The summed E-state index contributed by atoms with van der Waals surface area (Å²) < 4.78 is 38.3. The second-order valence-electron chi connectivity index (χ2n) is 5.58. The van der Waals surface area contributed by atoms with Gasteiger partial charge in [-0.05, 0) is 46.1 Å². The molecule has 0 aliphatic rings. The summed E-state index contributed by atoms with van der Waals surface area (Å²) in [4.78, 5) is 13.9. The summed E-state index contributed by atoms with van der Waals surface area (Å²) in [5.41, 5.74) is -1.17. The molecule has 1 amide bonds. The second kappa shape index (κ2) is 6.36. The van der Waals surface area contributed by atoms with Crippen molar-refractivity contribution in [2.75, 3.05) is 20.6 Å². The van der Waals surface area contributed by atoms with Crippen LogP contribution in [0.4, 0.5) is 13.2 Å². The van der Waals surface area contributed by atoms with Gasteiger partial charge in [-0.3, -0.25) is 4.79 Å². The van der Waals surface area contributed by atoms with E-state index in [0.29, 0.717) is 6.54 Å². The summed E-state index contributed by atoms with van der Waals surface area (Å²) in [6.45, 7) is 4.18. The lowest BCUT2D eigenvalue weighted by Gasteiger charge is -2.32. The highest BCUT2D eigenvalue weighted by atomic mass is 79.9. The van der Waals surface area contributed by atoms with E-state index < -0.39 is 17.6 Å². The molecule has 0 heterocycles. The largest absolute Gasteiger partial charge is 0.417 e. The number of carbonyl (C=O) groups is 1. The van der Waals surface area contributed by atoms with E-state index in [1.807, 2.05) is 32.8 Å². The van der Waals surface area contributed by atoms with Crippen LogP contribution >= 0.6 is 15.9 Å². The van der Waals surface area contributed by atoms with E-state index in [1.54, 1.807) is 0 Å². The monoisotopic (exact) mass is 366 g/mol. The lowest BCUT2D eigenvalue weighted by atomic mass is 10.0. The van der Waals surface area contributed by atoms with E-state index >= 15 is 0 Å². The first kappa shape index (κ1) is 18.0. The van der Waals surface area contributed by atoms with Crippen molar-refractivity contribution in [2.24, 2.45) is 0 Å². The van der Waals surface area contributed by atoms with Crippen LogP contribution in [-0.4, -0.2) is 37.0 Å². The Labute approximate surface area is 130 Å². The van der Waals surface area contributed by atoms with Crippen molar-refractivity contribution in [1.82, 2.24) is 10.2 Å². The van der Waals surface area contributed by atoms with Crippen LogP contribution in [0.2, 0.25) is 0 Å². The van der Waals surface area contributed by atoms with E-state index in [4.69, 9.17) is 0 Å². The minimum absolute atomic E-state index is 0.0138. The number of alkyl halides is 3. The third-order valence-corrected chi connectivity index (χ3v) is 4.12. The smallest absolute Gasteiger partial charge is 0.350 e. The van der Waals surface area contributed by atoms with Crippen molar-refractivity contribution < 1.29 is 18.0 Å². The fraction of sp³-hybridized carbons (Fsp3) is 0.500. The fourth-order valence-electron chi connectivity index (χ4n) is 1.44. The molecule has 1 aromatic carbocycles. The Hall–Kier alpha value is -1.08. The van der Waals surface area contributed by atoms with Gasteiger partial charge in [0.1, 0.15) is 0 Å². The summed E-state index contributed by atoms with van der Waals surface area (Å²) in [6.07, 6.45) is -4.50. The first-order chi connectivity index (χ1) is 9.45. The number of hydrogen-bond donors (Lipinski definition) is 1. The number of hydrogen-bond acceptors (Lipinski definition) is 2. The van der Waals surface area contributed by atoms with Gasteiger partial charge in [-0.1, -0.05) is 15.9 Å². The number of nitrogens with one attached hydrogen (secondary N) is 1. The van der Waals surface area contributed by atoms with E-state index in [-0.39, 0.29) is 15.6 Å². The summed E-state index contributed by atoms with van der Waals surface area (Å²) in [7, 11) is 3.74. The molecule has 1 aromatic rings. The molecule has 0 spiro atoms. The van der Waals surface area contributed by atoms with Crippen LogP contribution in [0.15, 0.2) is 22.7 Å². The molecule has 0 unspecified atom stereocenters. The Bertz CT molecular complexity index is 527. The van der Waals surface area contributed by atoms with Gasteiger partial charge in [0, 0.05) is 22.1 Å². The Kier molecular flexibility index (Phi) is 5.44. The quantitative estimate of drug-likeness (QED) is 0.883. The molecule has 0 atom stereocenters. The van der Waals surface area contributed by atoms with Gasteiger partial charge < -0.3 is 10.2 Å². The zero-order valence-electron chi connectivity index (χ0n) is 12.3. The van der Waals surface area contributed by atoms with Gasteiger partial charge in [-0.25, -0.2) is 0 Å². The lowest BCUT2D eigenvalue weighted by Crippen LogP contribution is -2.48. The van der Waals surface area contributed by atoms with E-state index in [2.05, 4.69) is 21.2 Å². The van der Waals surface area contributed by atoms with Crippen LogP contribution in [0, 0.1) is 0 Å². The van der Waals surface area contributed by atoms with Gasteiger partial charge in [-0.2, -0.15) is 13.2 Å². The number of benzene rings is 1. The molecule has 1 N–H and O–H groups in total. The predicted molar refractivity (Wildman–Crippen MR) is 79.2 cm³/mol. The van der Waals surface area contributed by atoms with Crippen LogP contribution in [0.5, 0.6) is 0 Å². The minimum atomic E-state index is -4.50. The molecule has 1 rings (SSSR count). The number of likely N-dealkylation sites (N-methyl/N-ethyl adjacent to an activating group) is 1. The number of carbonyl (C=O) groups excluding carboxylic acids is 1. The maximum Gasteiger partial charge on any atom is 0.417 e. The van der Waals surface area contributed by atoms with Crippen molar-refractivity contribution in [3.63, 3.8) is 0 Å². The molecule has 0 aliphatic carbocycles. The summed E-state index contributed by atoms with van der Waals surface area (Å²) in [6, 6.07) is 3.44. The van der Waals surface area contributed by atoms with E-state index in [0.717, 1.165) is 6.07 Å². The van der Waals surface area contributed by atoms with Crippen LogP contribution < -0.4 is 5.32 Å². The SMILES string of the molecule is CN(C)C(C)(C)CNC(=O)c1ccc(Br)c(C(F)(F)F)c1. The Balaban J connectivity index is 2.90. The van der Waals surface area contributed by atoms with Crippen molar-refractivity contribution in [1.29, 1.82) is 0 Å². The highest BCUT2D eigenvalue weighted by Gasteiger charge is 2.33. The molecule has 0 bridgehead atoms. The molecular formula is C14H18BrF3N2O. The van der Waals surface area contributed by atoms with Gasteiger partial charge in [0.2, 0.25) is 0 Å². The highest BCUT2D eigenvalue weighted by Crippen LogP contribution is 2.35. The zero-order valence-corrected chi connectivity index (χ0v) is 13.9. The van der Waals surface area contributed by atoms with Crippen molar-refractivity contribution in [2.45, 2.75) is 25.6 Å².